The van der Waals surface area contributed by atoms with Gasteiger partial charge in [-0.3, -0.25) is 9.59 Å². The number of benzene rings is 1. The van der Waals surface area contributed by atoms with E-state index in [4.69, 9.17) is 4.74 Å². The third kappa shape index (κ3) is 4.86. The van der Waals surface area contributed by atoms with E-state index < -0.39 is 0 Å². The lowest BCUT2D eigenvalue weighted by molar-refractivity contribution is -0.113. The Morgan fingerprint density at radius 2 is 1.93 bits per heavy atom. The number of aryl methyl sites for hydroxylation is 1. The van der Waals surface area contributed by atoms with E-state index in [0.29, 0.717) is 35.4 Å². The molecular weight excluding hydrogens is 390 g/mol. The van der Waals surface area contributed by atoms with E-state index in [-0.39, 0.29) is 17.2 Å². The predicted molar refractivity (Wildman–Crippen MR) is 113 cm³/mol. The fourth-order valence-electron chi connectivity index (χ4n) is 2.78. The first kappa shape index (κ1) is 20.7. The molecule has 8 nitrogen and oxygen atoms in total. The smallest absolute Gasteiger partial charge is 0.261 e. The van der Waals surface area contributed by atoms with Crippen molar-refractivity contribution >= 4 is 23.4 Å². The van der Waals surface area contributed by atoms with Crippen molar-refractivity contribution in [2.75, 3.05) is 17.7 Å². The summed E-state index contributed by atoms with van der Waals surface area (Å²) in [6.45, 7) is 5.05. The Bertz CT molecular complexity index is 1040. The van der Waals surface area contributed by atoms with Crippen LogP contribution in [0.1, 0.15) is 13.8 Å². The summed E-state index contributed by atoms with van der Waals surface area (Å²) >= 11 is 1.28. The van der Waals surface area contributed by atoms with Gasteiger partial charge in [0.2, 0.25) is 5.91 Å². The van der Waals surface area contributed by atoms with Crippen LogP contribution in [0.4, 0.5) is 5.69 Å². The third-order valence-electron chi connectivity index (χ3n) is 4.18. The summed E-state index contributed by atoms with van der Waals surface area (Å²) in [7, 11) is 1.69. The van der Waals surface area contributed by atoms with Crippen molar-refractivity contribution in [2.45, 2.75) is 25.5 Å². The average molecular weight is 414 g/mol. The number of aromatic nitrogens is 4. The van der Waals surface area contributed by atoms with Crippen molar-refractivity contribution in [3.63, 3.8) is 0 Å². The van der Waals surface area contributed by atoms with Gasteiger partial charge >= 0.3 is 0 Å². The van der Waals surface area contributed by atoms with Gasteiger partial charge in [-0.25, -0.2) is 0 Å². The fourth-order valence-corrected chi connectivity index (χ4v) is 3.58. The second kappa shape index (κ2) is 9.42. The molecule has 2 heterocycles. The van der Waals surface area contributed by atoms with Crippen molar-refractivity contribution in [1.29, 1.82) is 0 Å². The van der Waals surface area contributed by atoms with Crippen molar-refractivity contribution in [2.24, 2.45) is 7.05 Å². The maximum absolute atomic E-state index is 12.4. The van der Waals surface area contributed by atoms with Crippen molar-refractivity contribution in [3.8, 4) is 17.1 Å². The first-order valence-corrected chi connectivity index (χ1v) is 10.3. The van der Waals surface area contributed by atoms with E-state index in [9.17, 15) is 9.59 Å². The van der Waals surface area contributed by atoms with Gasteiger partial charge in [-0.05, 0) is 50.2 Å². The number of carbonyl (C=O) groups excluding carboxylic acids is 1. The van der Waals surface area contributed by atoms with E-state index in [1.807, 2.05) is 30.5 Å². The van der Waals surface area contributed by atoms with Crippen LogP contribution in [0.3, 0.4) is 0 Å². The van der Waals surface area contributed by atoms with Gasteiger partial charge in [0.15, 0.2) is 11.0 Å². The number of carbonyl (C=O) groups is 1. The standard InChI is InChI=1S/C20H23N5O3S/c1-4-25-18(16-7-6-12-24(3)19(16)27)22-23-20(25)29-13-17(26)21-14-8-10-15(11-9-14)28-5-2/h6-12H,4-5,13H2,1-3H3,(H,21,26). The molecule has 29 heavy (non-hydrogen) atoms. The first-order valence-electron chi connectivity index (χ1n) is 9.28. The van der Waals surface area contributed by atoms with Crippen LogP contribution in [0.15, 0.2) is 52.5 Å². The van der Waals surface area contributed by atoms with E-state index in [0.717, 1.165) is 5.75 Å². The van der Waals surface area contributed by atoms with Crippen molar-refractivity contribution in [1.82, 2.24) is 19.3 Å². The zero-order valence-corrected chi connectivity index (χ0v) is 17.4. The van der Waals surface area contributed by atoms with Crippen LogP contribution in [0.5, 0.6) is 5.75 Å². The molecule has 0 bridgehead atoms. The molecule has 1 aromatic carbocycles. The van der Waals surface area contributed by atoms with Crippen LogP contribution in [0, 0.1) is 0 Å². The van der Waals surface area contributed by atoms with Gasteiger partial charge in [-0.15, -0.1) is 10.2 Å². The molecule has 0 radical (unpaired) electrons. The number of rotatable bonds is 8. The van der Waals surface area contributed by atoms with Crippen LogP contribution in [0.25, 0.3) is 11.4 Å². The lowest BCUT2D eigenvalue weighted by atomic mass is 10.2. The Balaban J connectivity index is 1.68. The molecule has 152 valence electrons. The maximum Gasteiger partial charge on any atom is 0.261 e. The molecule has 1 amide bonds. The number of thioether (sulfide) groups is 1. The van der Waals surface area contributed by atoms with Gasteiger partial charge < -0.3 is 19.2 Å². The van der Waals surface area contributed by atoms with E-state index in [1.165, 1.54) is 16.3 Å². The molecule has 0 atom stereocenters. The molecule has 0 aliphatic heterocycles. The summed E-state index contributed by atoms with van der Waals surface area (Å²) in [6, 6.07) is 10.7. The van der Waals surface area contributed by atoms with Crippen molar-refractivity contribution < 1.29 is 9.53 Å². The molecule has 0 spiro atoms. The Kier molecular flexibility index (Phi) is 6.71. The van der Waals surface area contributed by atoms with Gasteiger partial charge in [0.25, 0.3) is 5.56 Å². The first-order chi connectivity index (χ1) is 14.0. The summed E-state index contributed by atoms with van der Waals surface area (Å²) in [5.74, 6) is 1.29. The molecule has 1 N–H and O–H groups in total. The largest absolute Gasteiger partial charge is 0.494 e. The molecule has 3 rings (SSSR count). The Morgan fingerprint density at radius 1 is 1.17 bits per heavy atom. The number of hydrogen-bond acceptors (Lipinski definition) is 6. The number of hydrogen-bond donors (Lipinski definition) is 1. The van der Waals surface area contributed by atoms with Gasteiger partial charge in [-0.1, -0.05) is 11.8 Å². The molecular formula is C20H23N5O3S. The number of anilines is 1. The number of nitrogens with zero attached hydrogens (tertiary/aromatic N) is 4. The van der Waals surface area contributed by atoms with E-state index in [1.54, 1.807) is 37.5 Å². The van der Waals surface area contributed by atoms with E-state index in [2.05, 4.69) is 15.5 Å². The SMILES string of the molecule is CCOc1ccc(NC(=O)CSc2nnc(-c3cccn(C)c3=O)n2CC)cc1. The molecule has 0 fully saturated rings. The molecule has 2 aromatic heterocycles. The second-order valence-electron chi connectivity index (χ2n) is 6.18. The zero-order chi connectivity index (χ0) is 20.8. The maximum atomic E-state index is 12.4. The Labute approximate surface area is 172 Å². The highest BCUT2D eigenvalue weighted by atomic mass is 32.2. The number of ether oxygens (including phenoxy) is 1. The molecule has 3 aromatic rings. The van der Waals surface area contributed by atoms with Crippen molar-refractivity contribution in [3.05, 3.63) is 52.9 Å². The fraction of sp³-hybridized carbons (Fsp3) is 0.300. The second-order valence-corrected chi connectivity index (χ2v) is 7.13. The van der Waals surface area contributed by atoms with Crippen LogP contribution in [0.2, 0.25) is 0 Å². The van der Waals surface area contributed by atoms with Crippen LogP contribution in [-0.2, 0) is 18.4 Å². The Hall–Kier alpha value is -3.07. The number of nitrogens with one attached hydrogen (secondary N) is 1. The van der Waals surface area contributed by atoms with Crippen LogP contribution in [-0.4, -0.2) is 37.6 Å². The third-order valence-corrected chi connectivity index (χ3v) is 5.15. The highest BCUT2D eigenvalue weighted by Crippen LogP contribution is 2.22. The monoisotopic (exact) mass is 413 g/mol. The molecule has 9 heteroatoms. The highest BCUT2D eigenvalue weighted by Gasteiger charge is 2.17. The average Bonchev–Trinajstić information content (AvgIpc) is 3.13. The summed E-state index contributed by atoms with van der Waals surface area (Å²) in [5.41, 5.74) is 1.04. The summed E-state index contributed by atoms with van der Waals surface area (Å²) < 4.78 is 8.73. The summed E-state index contributed by atoms with van der Waals surface area (Å²) in [5, 5.41) is 11.8. The minimum Gasteiger partial charge on any atom is -0.494 e. The lowest BCUT2D eigenvalue weighted by Crippen LogP contribution is -2.19. The predicted octanol–water partition coefficient (Wildman–Crippen LogP) is 2.79. The van der Waals surface area contributed by atoms with Gasteiger partial charge in [0.1, 0.15) is 5.75 Å². The number of pyridine rings is 1. The number of amides is 1. The molecule has 0 saturated carbocycles. The van der Waals surface area contributed by atoms with E-state index >= 15 is 0 Å². The normalized spacial score (nSPS) is 10.7. The van der Waals surface area contributed by atoms with Gasteiger partial charge in [0, 0.05) is 25.5 Å². The minimum atomic E-state index is -0.151. The highest BCUT2D eigenvalue weighted by molar-refractivity contribution is 7.99. The molecule has 0 aliphatic rings. The molecule has 0 aliphatic carbocycles. The summed E-state index contributed by atoms with van der Waals surface area (Å²) in [6.07, 6.45) is 1.69. The minimum absolute atomic E-state index is 0.139. The topological polar surface area (TPSA) is 91.0 Å². The zero-order valence-electron chi connectivity index (χ0n) is 16.6. The van der Waals surface area contributed by atoms with Gasteiger partial charge in [0.05, 0.1) is 17.9 Å². The van der Waals surface area contributed by atoms with Crippen LogP contribution >= 0.6 is 11.8 Å². The molecule has 0 saturated heterocycles. The van der Waals surface area contributed by atoms with Gasteiger partial charge in [-0.2, -0.15) is 0 Å². The molecule has 0 unspecified atom stereocenters. The summed E-state index contributed by atoms with van der Waals surface area (Å²) in [4.78, 5) is 24.7. The Morgan fingerprint density at radius 3 is 2.62 bits per heavy atom. The quantitative estimate of drug-likeness (QED) is 0.571. The van der Waals surface area contributed by atoms with Crippen LogP contribution < -0.4 is 15.6 Å². The lowest BCUT2D eigenvalue weighted by Gasteiger charge is -2.09.